The molecule has 202 valence electrons. The van der Waals surface area contributed by atoms with Crippen LogP contribution in [0.2, 0.25) is 0 Å². The topological polar surface area (TPSA) is 52.1 Å². The summed E-state index contributed by atoms with van der Waals surface area (Å²) in [5.74, 6) is 3.63. The van der Waals surface area contributed by atoms with Crippen LogP contribution in [-0.2, 0) is 4.79 Å². The van der Waals surface area contributed by atoms with E-state index >= 15 is 0 Å². The molecule has 0 bridgehead atoms. The Balaban J connectivity index is 1.21. The van der Waals surface area contributed by atoms with Crippen LogP contribution >= 0.6 is 0 Å². The first-order chi connectivity index (χ1) is 18.2. The highest BCUT2D eigenvalue weighted by Crippen LogP contribution is 2.38. The lowest BCUT2D eigenvalue weighted by atomic mass is 9.77. The number of unbranched alkanes of at least 4 members (excludes halogenated alkanes) is 4. The number of aromatic nitrogens is 2. The van der Waals surface area contributed by atoms with Gasteiger partial charge in [0.25, 0.3) is 0 Å². The van der Waals surface area contributed by atoms with Gasteiger partial charge in [0, 0.05) is 18.0 Å². The van der Waals surface area contributed by atoms with Crippen LogP contribution in [0.4, 0.5) is 0 Å². The fourth-order valence-corrected chi connectivity index (χ4v) is 6.49. The molecule has 2 fully saturated rings. The molecule has 0 atom stereocenters. The van der Waals surface area contributed by atoms with Crippen LogP contribution in [0.15, 0.2) is 36.7 Å². The summed E-state index contributed by atoms with van der Waals surface area (Å²) in [6, 6.07) is 7.66. The van der Waals surface area contributed by atoms with Crippen molar-refractivity contribution in [3.8, 4) is 17.1 Å². The normalized spacial score (nSPS) is 24.1. The van der Waals surface area contributed by atoms with E-state index in [4.69, 9.17) is 4.74 Å². The van der Waals surface area contributed by atoms with Crippen molar-refractivity contribution in [2.75, 3.05) is 0 Å². The van der Waals surface area contributed by atoms with Crippen LogP contribution in [0.1, 0.15) is 128 Å². The van der Waals surface area contributed by atoms with Gasteiger partial charge >= 0.3 is 5.97 Å². The quantitative estimate of drug-likeness (QED) is 0.164. The molecular formula is C33H48N2O2. The second-order valence-corrected chi connectivity index (χ2v) is 11.7. The van der Waals surface area contributed by atoms with Gasteiger partial charge in [-0.2, -0.15) is 0 Å². The number of ether oxygens (including phenoxy) is 1. The van der Waals surface area contributed by atoms with Crippen molar-refractivity contribution in [1.82, 2.24) is 9.97 Å². The van der Waals surface area contributed by atoms with Crippen molar-refractivity contribution in [3.63, 3.8) is 0 Å². The van der Waals surface area contributed by atoms with Crippen molar-refractivity contribution in [1.29, 1.82) is 0 Å². The van der Waals surface area contributed by atoms with Crippen LogP contribution < -0.4 is 4.74 Å². The summed E-state index contributed by atoms with van der Waals surface area (Å²) < 4.78 is 5.71. The molecule has 0 N–H and O–H groups in total. The van der Waals surface area contributed by atoms with E-state index in [0.29, 0.717) is 11.7 Å². The summed E-state index contributed by atoms with van der Waals surface area (Å²) in [6.07, 6.45) is 24.4. The molecule has 0 saturated heterocycles. The highest BCUT2D eigenvalue weighted by molar-refractivity contribution is 5.75. The van der Waals surface area contributed by atoms with Crippen LogP contribution in [0.5, 0.6) is 5.75 Å². The minimum atomic E-state index is -0.0745. The number of carbonyl (C=O) groups excluding carboxylic acids is 1. The number of esters is 1. The van der Waals surface area contributed by atoms with Gasteiger partial charge in [-0.25, -0.2) is 9.97 Å². The Morgan fingerprint density at radius 1 is 0.757 bits per heavy atom. The van der Waals surface area contributed by atoms with Gasteiger partial charge in [-0.1, -0.05) is 65.2 Å². The van der Waals surface area contributed by atoms with Crippen molar-refractivity contribution in [2.24, 2.45) is 17.8 Å². The van der Waals surface area contributed by atoms with E-state index in [1.807, 2.05) is 36.7 Å². The van der Waals surface area contributed by atoms with E-state index in [9.17, 15) is 4.79 Å². The van der Waals surface area contributed by atoms with Crippen LogP contribution in [0, 0.1) is 17.8 Å². The van der Waals surface area contributed by atoms with Crippen molar-refractivity contribution < 1.29 is 9.53 Å². The smallest absolute Gasteiger partial charge is 0.314 e. The van der Waals surface area contributed by atoms with Gasteiger partial charge in [-0.15, -0.1) is 0 Å². The third-order valence-electron chi connectivity index (χ3n) is 8.91. The number of benzene rings is 1. The Morgan fingerprint density at radius 3 is 2.03 bits per heavy atom. The van der Waals surface area contributed by atoms with E-state index in [1.54, 1.807) is 0 Å². The molecule has 4 rings (SSSR count). The number of carbonyl (C=O) groups is 1. The third-order valence-corrected chi connectivity index (χ3v) is 8.91. The van der Waals surface area contributed by atoms with E-state index in [-0.39, 0.29) is 11.9 Å². The van der Waals surface area contributed by atoms with Crippen molar-refractivity contribution in [3.05, 3.63) is 42.2 Å². The SMILES string of the molecule is CCCCCCC[C@H]1CC[C@H](c2cnc(-c3ccc(OC(=O)[C@H]4CC[C@H](CCC)CC4)cc3)nc2)CC1. The Bertz CT molecular complexity index is 924. The number of nitrogens with zero attached hydrogens (tertiary/aromatic N) is 2. The molecule has 0 unspecified atom stereocenters. The van der Waals surface area contributed by atoms with E-state index in [2.05, 4.69) is 23.8 Å². The first-order valence-electron chi connectivity index (χ1n) is 15.3. The molecule has 2 aliphatic carbocycles. The lowest BCUT2D eigenvalue weighted by molar-refractivity contribution is -0.140. The van der Waals surface area contributed by atoms with E-state index in [0.717, 1.165) is 48.9 Å². The zero-order valence-corrected chi connectivity index (χ0v) is 23.3. The van der Waals surface area contributed by atoms with Gasteiger partial charge < -0.3 is 4.74 Å². The standard InChI is InChI=1S/C33H48N2O2/c1-3-5-6-7-8-10-26-11-15-27(16-12-26)30-23-34-32(35-24-30)28-19-21-31(22-20-28)37-33(36)29-17-13-25(9-4-2)14-18-29/h19-27,29H,3-18H2,1-2H3/t25-,26-,27-,29-. The predicted molar refractivity (Wildman–Crippen MR) is 152 cm³/mol. The first kappa shape index (κ1) is 27.8. The van der Waals surface area contributed by atoms with Gasteiger partial charge in [-0.3, -0.25) is 4.79 Å². The Labute approximate surface area is 225 Å². The molecule has 2 aromatic rings. The minimum absolute atomic E-state index is 0.0459. The monoisotopic (exact) mass is 504 g/mol. The molecule has 0 spiro atoms. The molecule has 4 heteroatoms. The lowest BCUT2D eigenvalue weighted by Gasteiger charge is -2.28. The largest absolute Gasteiger partial charge is 0.426 e. The summed E-state index contributed by atoms with van der Waals surface area (Å²) in [5.41, 5.74) is 2.24. The highest BCUT2D eigenvalue weighted by Gasteiger charge is 2.27. The lowest BCUT2D eigenvalue weighted by Crippen LogP contribution is -2.25. The van der Waals surface area contributed by atoms with Crippen molar-refractivity contribution in [2.45, 2.75) is 122 Å². The van der Waals surface area contributed by atoms with E-state index in [1.165, 1.54) is 82.6 Å². The molecule has 1 aromatic heterocycles. The Kier molecular flexibility index (Phi) is 11.0. The number of hydrogen-bond acceptors (Lipinski definition) is 4. The zero-order chi connectivity index (χ0) is 25.9. The molecule has 0 aliphatic heterocycles. The molecule has 2 saturated carbocycles. The second-order valence-electron chi connectivity index (χ2n) is 11.7. The molecule has 2 aliphatic rings. The second kappa shape index (κ2) is 14.6. The summed E-state index contributed by atoms with van der Waals surface area (Å²) in [6.45, 7) is 4.53. The fourth-order valence-electron chi connectivity index (χ4n) is 6.49. The molecule has 37 heavy (non-hydrogen) atoms. The first-order valence-corrected chi connectivity index (χ1v) is 15.3. The number of hydrogen-bond donors (Lipinski definition) is 0. The predicted octanol–water partition coefficient (Wildman–Crippen LogP) is 9.29. The Morgan fingerprint density at radius 2 is 1.38 bits per heavy atom. The Hall–Kier alpha value is -2.23. The average molecular weight is 505 g/mol. The summed E-state index contributed by atoms with van der Waals surface area (Å²) in [5, 5.41) is 0. The highest BCUT2D eigenvalue weighted by atomic mass is 16.5. The third kappa shape index (κ3) is 8.38. The maximum absolute atomic E-state index is 12.6. The summed E-state index contributed by atoms with van der Waals surface area (Å²) >= 11 is 0. The molecular weight excluding hydrogens is 456 g/mol. The zero-order valence-electron chi connectivity index (χ0n) is 23.3. The van der Waals surface area contributed by atoms with E-state index < -0.39 is 0 Å². The van der Waals surface area contributed by atoms with Gasteiger partial charge in [-0.05, 0) is 98.9 Å². The number of rotatable bonds is 12. The summed E-state index contributed by atoms with van der Waals surface area (Å²) in [7, 11) is 0. The summed E-state index contributed by atoms with van der Waals surface area (Å²) in [4.78, 5) is 22.0. The molecule has 1 heterocycles. The molecule has 0 radical (unpaired) electrons. The van der Waals surface area contributed by atoms with Gasteiger partial charge in [0.2, 0.25) is 0 Å². The van der Waals surface area contributed by atoms with Crippen LogP contribution in [0.25, 0.3) is 11.4 Å². The van der Waals surface area contributed by atoms with Gasteiger partial charge in [0.15, 0.2) is 5.82 Å². The van der Waals surface area contributed by atoms with Crippen molar-refractivity contribution >= 4 is 5.97 Å². The van der Waals surface area contributed by atoms with Crippen LogP contribution in [-0.4, -0.2) is 15.9 Å². The molecule has 4 nitrogen and oxygen atoms in total. The van der Waals surface area contributed by atoms with Crippen LogP contribution in [0.3, 0.4) is 0 Å². The molecule has 0 amide bonds. The van der Waals surface area contributed by atoms with Gasteiger partial charge in [0.1, 0.15) is 5.75 Å². The fraction of sp³-hybridized carbons (Fsp3) is 0.667. The minimum Gasteiger partial charge on any atom is -0.426 e. The molecule has 1 aromatic carbocycles. The maximum Gasteiger partial charge on any atom is 0.314 e. The maximum atomic E-state index is 12.6. The van der Waals surface area contributed by atoms with Gasteiger partial charge in [0.05, 0.1) is 5.92 Å². The average Bonchev–Trinajstić information content (AvgIpc) is 2.94.